The highest BCUT2D eigenvalue weighted by Crippen LogP contribution is 2.35. The van der Waals surface area contributed by atoms with Crippen molar-refractivity contribution in [1.29, 1.82) is 0 Å². The maximum Gasteiger partial charge on any atom is 0.274 e. The molecule has 0 atom stereocenters. The fourth-order valence-electron chi connectivity index (χ4n) is 3.29. The Bertz CT molecular complexity index is 758. The Hall–Kier alpha value is -2.63. The van der Waals surface area contributed by atoms with Gasteiger partial charge < -0.3 is 14.5 Å². The van der Waals surface area contributed by atoms with Gasteiger partial charge in [-0.15, -0.1) is 0 Å². The number of aromatic nitrogens is 2. The van der Waals surface area contributed by atoms with Crippen LogP contribution in [0.4, 0.5) is 5.69 Å². The second-order valence-electron chi connectivity index (χ2n) is 6.91. The van der Waals surface area contributed by atoms with E-state index in [0.29, 0.717) is 18.8 Å². The Morgan fingerprint density at radius 3 is 2.56 bits per heavy atom. The average molecular weight is 340 g/mol. The van der Waals surface area contributed by atoms with Gasteiger partial charge in [-0.25, -0.2) is 4.98 Å². The van der Waals surface area contributed by atoms with E-state index < -0.39 is 0 Å². The Morgan fingerprint density at radius 1 is 1.16 bits per heavy atom. The van der Waals surface area contributed by atoms with Gasteiger partial charge in [-0.3, -0.25) is 9.78 Å². The lowest BCUT2D eigenvalue weighted by Crippen LogP contribution is -2.60. The summed E-state index contributed by atoms with van der Waals surface area (Å²) in [6, 6.07) is 7.99. The molecular weight excluding hydrogens is 316 g/mol. The highest BCUT2D eigenvalue weighted by molar-refractivity contribution is 5.92. The molecule has 1 aliphatic rings. The average Bonchev–Trinajstić information content (AvgIpc) is 2.61. The van der Waals surface area contributed by atoms with Crippen LogP contribution in [-0.2, 0) is 0 Å². The lowest BCUT2D eigenvalue weighted by atomic mass is 9.97. The minimum atomic E-state index is -0.222. The number of carbonyl (C=O) groups excluding carboxylic acids is 1. The monoisotopic (exact) mass is 340 g/mol. The van der Waals surface area contributed by atoms with Crippen molar-refractivity contribution in [3.05, 3.63) is 48.0 Å². The predicted octanol–water partition coefficient (Wildman–Crippen LogP) is 2.53. The molecule has 2 aromatic rings. The van der Waals surface area contributed by atoms with Crippen LogP contribution >= 0.6 is 0 Å². The van der Waals surface area contributed by atoms with Crippen LogP contribution in [0.1, 0.15) is 30.0 Å². The number of rotatable bonds is 3. The van der Waals surface area contributed by atoms with E-state index in [0.717, 1.165) is 23.7 Å². The van der Waals surface area contributed by atoms with Crippen molar-refractivity contribution in [1.82, 2.24) is 14.9 Å². The van der Waals surface area contributed by atoms with Gasteiger partial charge in [0.2, 0.25) is 0 Å². The van der Waals surface area contributed by atoms with Gasteiger partial charge in [0.25, 0.3) is 5.91 Å². The number of anilines is 1. The Labute approximate surface area is 148 Å². The van der Waals surface area contributed by atoms with Crippen molar-refractivity contribution in [3.63, 3.8) is 0 Å². The first-order valence-electron chi connectivity index (χ1n) is 8.41. The number of benzene rings is 1. The summed E-state index contributed by atoms with van der Waals surface area (Å²) >= 11 is 0. The lowest BCUT2D eigenvalue weighted by Gasteiger charge is -2.48. The number of para-hydroxylation sites is 2. The van der Waals surface area contributed by atoms with Crippen LogP contribution in [0.25, 0.3) is 0 Å². The number of hydrogen-bond donors (Lipinski definition) is 0. The first-order valence-corrected chi connectivity index (χ1v) is 8.41. The van der Waals surface area contributed by atoms with Crippen molar-refractivity contribution < 1.29 is 9.53 Å². The molecule has 25 heavy (non-hydrogen) atoms. The third-order valence-corrected chi connectivity index (χ3v) is 4.57. The van der Waals surface area contributed by atoms with Gasteiger partial charge in [0, 0.05) is 25.8 Å². The number of aryl methyl sites for hydroxylation is 1. The smallest absolute Gasteiger partial charge is 0.274 e. The van der Waals surface area contributed by atoms with Crippen molar-refractivity contribution in [2.45, 2.75) is 26.3 Å². The summed E-state index contributed by atoms with van der Waals surface area (Å²) in [7, 11) is 1.68. The largest absolute Gasteiger partial charge is 0.495 e. The molecule has 6 nitrogen and oxygen atoms in total. The molecule has 6 heteroatoms. The van der Waals surface area contributed by atoms with Crippen molar-refractivity contribution in [2.75, 3.05) is 31.6 Å². The topological polar surface area (TPSA) is 58.6 Å². The molecule has 0 spiro atoms. The quantitative estimate of drug-likeness (QED) is 0.859. The van der Waals surface area contributed by atoms with E-state index in [9.17, 15) is 4.79 Å². The van der Waals surface area contributed by atoms with Crippen LogP contribution < -0.4 is 9.64 Å². The minimum absolute atomic E-state index is 0.0692. The second kappa shape index (κ2) is 6.70. The highest BCUT2D eigenvalue weighted by Gasteiger charge is 2.37. The molecule has 2 heterocycles. The second-order valence-corrected chi connectivity index (χ2v) is 6.91. The first-order chi connectivity index (χ1) is 11.9. The highest BCUT2D eigenvalue weighted by atomic mass is 16.5. The fraction of sp³-hybridized carbons (Fsp3) is 0.421. The van der Waals surface area contributed by atoms with E-state index in [1.807, 2.05) is 30.0 Å². The molecule has 0 radical (unpaired) electrons. The number of ether oxygens (including phenoxy) is 1. The zero-order chi connectivity index (χ0) is 18.0. The summed E-state index contributed by atoms with van der Waals surface area (Å²) in [4.78, 5) is 25.3. The van der Waals surface area contributed by atoms with Crippen LogP contribution in [0.15, 0.2) is 36.7 Å². The summed E-state index contributed by atoms with van der Waals surface area (Å²) in [6.45, 7) is 8.11. The van der Waals surface area contributed by atoms with E-state index in [4.69, 9.17) is 4.74 Å². The predicted molar refractivity (Wildman–Crippen MR) is 97.1 cm³/mol. The molecule has 0 aliphatic carbocycles. The summed E-state index contributed by atoms with van der Waals surface area (Å²) in [5, 5.41) is 0. The van der Waals surface area contributed by atoms with E-state index in [2.05, 4.69) is 34.8 Å². The molecule has 0 saturated carbocycles. The molecule has 1 aromatic heterocycles. The minimum Gasteiger partial charge on any atom is -0.495 e. The third kappa shape index (κ3) is 3.43. The van der Waals surface area contributed by atoms with E-state index in [-0.39, 0.29) is 11.4 Å². The van der Waals surface area contributed by atoms with Gasteiger partial charge in [-0.2, -0.15) is 0 Å². The lowest BCUT2D eigenvalue weighted by molar-refractivity contribution is 0.0679. The SMILES string of the molecule is COc1ccccc1N1CCN(C(=O)c2cnc(C)cn2)CC1(C)C. The summed E-state index contributed by atoms with van der Waals surface area (Å²) in [5.41, 5.74) is 2.03. The summed E-state index contributed by atoms with van der Waals surface area (Å²) < 4.78 is 5.51. The molecule has 1 fully saturated rings. The molecule has 1 aromatic carbocycles. The molecule has 1 amide bonds. The van der Waals surface area contributed by atoms with Crippen molar-refractivity contribution in [2.24, 2.45) is 0 Å². The van der Waals surface area contributed by atoms with Gasteiger partial charge in [-0.1, -0.05) is 12.1 Å². The number of carbonyl (C=O) groups is 1. The Balaban J connectivity index is 1.80. The first kappa shape index (κ1) is 17.2. The maximum atomic E-state index is 12.7. The normalized spacial score (nSPS) is 16.6. The molecular formula is C19H24N4O2. The van der Waals surface area contributed by atoms with Crippen LogP contribution in [0.2, 0.25) is 0 Å². The molecule has 0 unspecified atom stereocenters. The van der Waals surface area contributed by atoms with E-state index in [1.165, 1.54) is 0 Å². The van der Waals surface area contributed by atoms with Gasteiger partial charge in [-0.05, 0) is 32.9 Å². The fourth-order valence-corrected chi connectivity index (χ4v) is 3.29. The Kier molecular flexibility index (Phi) is 4.61. The number of methoxy groups -OCH3 is 1. The van der Waals surface area contributed by atoms with Crippen LogP contribution in [0.3, 0.4) is 0 Å². The summed E-state index contributed by atoms with van der Waals surface area (Å²) in [5.74, 6) is 0.778. The van der Waals surface area contributed by atoms with Crippen LogP contribution in [0.5, 0.6) is 5.75 Å². The summed E-state index contributed by atoms with van der Waals surface area (Å²) in [6.07, 6.45) is 3.18. The molecule has 0 bridgehead atoms. The number of nitrogens with zero attached hydrogens (tertiary/aromatic N) is 4. The third-order valence-electron chi connectivity index (χ3n) is 4.57. The number of piperazine rings is 1. The molecule has 3 rings (SSSR count). The van der Waals surface area contributed by atoms with E-state index >= 15 is 0 Å². The number of amides is 1. The zero-order valence-electron chi connectivity index (χ0n) is 15.2. The van der Waals surface area contributed by atoms with Gasteiger partial charge in [0.15, 0.2) is 0 Å². The zero-order valence-corrected chi connectivity index (χ0v) is 15.2. The van der Waals surface area contributed by atoms with Crippen molar-refractivity contribution in [3.8, 4) is 5.75 Å². The Morgan fingerprint density at radius 2 is 1.92 bits per heavy atom. The van der Waals surface area contributed by atoms with Crippen LogP contribution in [-0.4, -0.2) is 53.1 Å². The molecule has 132 valence electrons. The maximum absolute atomic E-state index is 12.7. The van der Waals surface area contributed by atoms with Gasteiger partial charge in [0.1, 0.15) is 11.4 Å². The van der Waals surface area contributed by atoms with Crippen molar-refractivity contribution >= 4 is 11.6 Å². The number of hydrogen-bond acceptors (Lipinski definition) is 5. The van der Waals surface area contributed by atoms with Crippen LogP contribution in [0, 0.1) is 6.92 Å². The van der Waals surface area contributed by atoms with E-state index in [1.54, 1.807) is 19.5 Å². The molecule has 1 saturated heterocycles. The van der Waals surface area contributed by atoms with Gasteiger partial charge in [0.05, 0.1) is 30.2 Å². The van der Waals surface area contributed by atoms with Gasteiger partial charge >= 0.3 is 0 Å². The standard InChI is InChI=1S/C19H24N4O2/c1-14-11-21-15(12-20-14)18(24)22-9-10-23(19(2,3)13-22)16-7-5-6-8-17(16)25-4/h5-8,11-12H,9-10,13H2,1-4H3. The molecule has 0 N–H and O–H groups in total. The molecule has 1 aliphatic heterocycles.